The second-order valence-electron chi connectivity index (χ2n) is 8.03. The van der Waals surface area contributed by atoms with Crippen molar-refractivity contribution in [3.8, 4) is 5.75 Å². The molecule has 0 amide bonds. The number of ether oxygens (including phenoxy) is 1. The van der Waals surface area contributed by atoms with Crippen LogP contribution in [0.1, 0.15) is 56.6 Å². The van der Waals surface area contributed by atoms with Gasteiger partial charge in [-0.1, -0.05) is 25.1 Å². The molecule has 0 radical (unpaired) electrons. The first-order valence-electron chi connectivity index (χ1n) is 9.36. The number of alkyl halides is 3. The molecule has 0 aromatic heterocycles. The molecular formula is C21H24F3NO. The predicted octanol–water partition coefficient (Wildman–Crippen LogP) is 5.76. The Morgan fingerprint density at radius 2 is 1.73 bits per heavy atom. The Kier molecular flexibility index (Phi) is 4.18. The van der Waals surface area contributed by atoms with Gasteiger partial charge < -0.3 is 10.5 Å². The van der Waals surface area contributed by atoms with Gasteiger partial charge in [0.25, 0.3) is 0 Å². The lowest BCUT2D eigenvalue weighted by molar-refractivity contribution is -0.138. The second-order valence-corrected chi connectivity index (χ2v) is 8.03. The Hall–Kier alpha value is -1.75. The van der Waals surface area contributed by atoms with E-state index in [0.29, 0.717) is 11.3 Å². The van der Waals surface area contributed by atoms with Gasteiger partial charge in [-0.3, -0.25) is 0 Å². The summed E-state index contributed by atoms with van der Waals surface area (Å²) in [7, 11) is 0. The maximum absolute atomic E-state index is 13.8. The fourth-order valence-corrected chi connectivity index (χ4v) is 3.96. The summed E-state index contributed by atoms with van der Waals surface area (Å²) >= 11 is 0. The minimum Gasteiger partial charge on any atom is -0.490 e. The van der Waals surface area contributed by atoms with Crippen molar-refractivity contribution in [2.24, 2.45) is 11.7 Å². The topological polar surface area (TPSA) is 35.2 Å². The maximum atomic E-state index is 13.8. The highest BCUT2D eigenvalue weighted by molar-refractivity contribution is 5.89. The van der Waals surface area contributed by atoms with Crippen molar-refractivity contribution in [3.63, 3.8) is 0 Å². The third kappa shape index (κ3) is 3.29. The predicted molar refractivity (Wildman–Crippen MR) is 96.1 cm³/mol. The van der Waals surface area contributed by atoms with Crippen LogP contribution in [0.4, 0.5) is 13.2 Å². The number of hydrogen-bond acceptors (Lipinski definition) is 2. The summed E-state index contributed by atoms with van der Waals surface area (Å²) in [4.78, 5) is 0. The van der Waals surface area contributed by atoms with Crippen LogP contribution < -0.4 is 10.5 Å². The number of fused-ring (bicyclic) bond motifs is 1. The third-order valence-electron chi connectivity index (χ3n) is 5.89. The molecule has 2 fully saturated rings. The average Bonchev–Trinajstić information content (AvgIpc) is 3.34. The molecule has 2 aliphatic rings. The Morgan fingerprint density at radius 1 is 1.04 bits per heavy atom. The Bertz CT molecular complexity index is 818. The number of rotatable bonds is 3. The molecule has 2 aliphatic carbocycles. The Balaban J connectivity index is 1.73. The molecule has 0 saturated heterocycles. The highest BCUT2D eigenvalue weighted by Gasteiger charge is 2.41. The van der Waals surface area contributed by atoms with Crippen molar-refractivity contribution >= 4 is 10.8 Å². The van der Waals surface area contributed by atoms with E-state index in [1.54, 1.807) is 24.3 Å². The zero-order valence-electron chi connectivity index (χ0n) is 14.9. The molecule has 4 rings (SSSR count). The SMILES string of the molecule is CC1CCC(Oc2ccc3cc(C4(N)CC4)ccc3c2C(F)(F)F)CC1. The van der Waals surface area contributed by atoms with Gasteiger partial charge in [0.1, 0.15) is 11.3 Å². The molecule has 0 aliphatic heterocycles. The minimum atomic E-state index is -4.46. The summed E-state index contributed by atoms with van der Waals surface area (Å²) < 4.78 is 47.3. The van der Waals surface area contributed by atoms with Crippen molar-refractivity contribution in [1.82, 2.24) is 0 Å². The molecule has 0 heterocycles. The quantitative estimate of drug-likeness (QED) is 0.752. The van der Waals surface area contributed by atoms with Crippen LogP contribution in [0.2, 0.25) is 0 Å². The Morgan fingerprint density at radius 3 is 2.35 bits per heavy atom. The number of hydrogen-bond donors (Lipinski definition) is 1. The summed E-state index contributed by atoms with van der Waals surface area (Å²) in [6.45, 7) is 2.18. The summed E-state index contributed by atoms with van der Waals surface area (Å²) in [6, 6.07) is 8.28. The molecule has 0 atom stereocenters. The highest BCUT2D eigenvalue weighted by Crippen LogP contribution is 2.46. The van der Waals surface area contributed by atoms with E-state index in [0.717, 1.165) is 44.1 Å². The van der Waals surface area contributed by atoms with Crippen molar-refractivity contribution in [2.45, 2.75) is 63.3 Å². The molecule has 0 bridgehead atoms. The van der Waals surface area contributed by atoms with E-state index in [1.165, 1.54) is 6.07 Å². The van der Waals surface area contributed by atoms with E-state index < -0.39 is 11.7 Å². The summed E-state index contributed by atoms with van der Waals surface area (Å²) in [5, 5.41) is 0.753. The standard InChI is InChI=1S/C21H24F3NO/c1-13-2-6-16(7-3-13)26-18-9-4-14-12-15(20(25)10-11-20)5-8-17(14)19(18)21(22,23)24/h4-5,8-9,12-13,16H,2-3,6-7,10-11,25H2,1H3. The maximum Gasteiger partial charge on any atom is 0.420 e. The number of nitrogens with two attached hydrogens (primary N) is 1. The average molecular weight is 363 g/mol. The van der Waals surface area contributed by atoms with Crippen LogP contribution in [0.5, 0.6) is 5.75 Å². The van der Waals surface area contributed by atoms with Crippen LogP contribution in [0.3, 0.4) is 0 Å². The molecule has 0 unspecified atom stereocenters. The zero-order valence-corrected chi connectivity index (χ0v) is 14.9. The Labute approximate surface area is 151 Å². The minimum absolute atomic E-state index is 0.0498. The molecule has 2 aromatic carbocycles. The van der Waals surface area contributed by atoms with Gasteiger partial charge in [-0.15, -0.1) is 0 Å². The van der Waals surface area contributed by atoms with E-state index in [1.807, 2.05) is 0 Å². The second kappa shape index (κ2) is 6.15. The van der Waals surface area contributed by atoms with E-state index in [-0.39, 0.29) is 22.8 Å². The number of halogens is 3. The van der Waals surface area contributed by atoms with Gasteiger partial charge in [0.15, 0.2) is 0 Å². The van der Waals surface area contributed by atoms with Crippen LogP contribution in [0.15, 0.2) is 30.3 Å². The van der Waals surface area contributed by atoms with Crippen molar-refractivity contribution in [2.75, 3.05) is 0 Å². The van der Waals surface area contributed by atoms with Gasteiger partial charge in [0.2, 0.25) is 0 Å². The summed E-state index contributed by atoms with van der Waals surface area (Å²) in [5.41, 5.74) is 6.09. The fourth-order valence-electron chi connectivity index (χ4n) is 3.96. The molecular weight excluding hydrogens is 339 g/mol. The zero-order chi connectivity index (χ0) is 18.5. The lowest BCUT2D eigenvalue weighted by Crippen LogP contribution is -2.24. The lowest BCUT2D eigenvalue weighted by atomic mass is 9.89. The van der Waals surface area contributed by atoms with Crippen LogP contribution in [-0.4, -0.2) is 6.10 Å². The molecule has 2 aromatic rings. The molecule has 2 nitrogen and oxygen atoms in total. The molecule has 5 heteroatoms. The fraction of sp³-hybridized carbons (Fsp3) is 0.524. The monoisotopic (exact) mass is 363 g/mol. The first-order chi connectivity index (χ1) is 12.3. The van der Waals surface area contributed by atoms with Gasteiger partial charge in [0.05, 0.1) is 6.10 Å². The first kappa shape index (κ1) is 17.7. The molecule has 140 valence electrons. The largest absolute Gasteiger partial charge is 0.490 e. The van der Waals surface area contributed by atoms with Crippen LogP contribution in [0.25, 0.3) is 10.8 Å². The molecule has 2 saturated carbocycles. The van der Waals surface area contributed by atoms with Crippen LogP contribution >= 0.6 is 0 Å². The van der Waals surface area contributed by atoms with Gasteiger partial charge in [-0.05, 0) is 72.9 Å². The van der Waals surface area contributed by atoms with Crippen molar-refractivity contribution < 1.29 is 17.9 Å². The highest BCUT2D eigenvalue weighted by atomic mass is 19.4. The first-order valence-corrected chi connectivity index (χ1v) is 9.36. The van der Waals surface area contributed by atoms with E-state index >= 15 is 0 Å². The van der Waals surface area contributed by atoms with Crippen LogP contribution in [-0.2, 0) is 11.7 Å². The van der Waals surface area contributed by atoms with Crippen molar-refractivity contribution in [3.05, 3.63) is 41.5 Å². The van der Waals surface area contributed by atoms with E-state index in [4.69, 9.17) is 10.5 Å². The lowest BCUT2D eigenvalue weighted by Gasteiger charge is -2.28. The van der Waals surface area contributed by atoms with Crippen molar-refractivity contribution in [1.29, 1.82) is 0 Å². The summed E-state index contributed by atoms with van der Waals surface area (Å²) in [6.07, 6.45) is 0.790. The normalized spacial score (nSPS) is 25.3. The molecule has 26 heavy (non-hydrogen) atoms. The van der Waals surface area contributed by atoms with Gasteiger partial charge in [0, 0.05) is 5.54 Å². The van der Waals surface area contributed by atoms with Crippen LogP contribution in [0, 0.1) is 5.92 Å². The van der Waals surface area contributed by atoms with E-state index in [2.05, 4.69) is 6.92 Å². The van der Waals surface area contributed by atoms with Gasteiger partial charge in [-0.2, -0.15) is 13.2 Å². The van der Waals surface area contributed by atoms with Gasteiger partial charge in [-0.25, -0.2) is 0 Å². The molecule has 2 N–H and O–H groups in total. The van der Waals surface area contributed by atoms with E-state index in [9.17, 15) is 13.2 Å². The third-order valence-corrected chi connectivity index (χ3v) is 5.89. The molecule has 0 spiro atoms. The smallest absolute Gasteiger partial charge is 0.420 e. The number of benzene rings is 2. The van der Waals surface area contributed by atoms with Gasteiger partial charge >= 0.3 is 6.18 Å². The summed E-state index contributed by atoms with van der Waals surface area (Å²) in [5.74, 6) is 0.573.